The van der Waals surface area contributed by atoms with Gasteiger partial charge in [0, 0.05) is 5.88 Å². The lowest BCUT2D eigenvalue weighted by Gasteiger charge is -2.10. The summed E-state index contributed by atoms with van der Waals surface area (Å²) in [6.07, 6.45) is 0. The maximum absolute atomic E-state index is 13.7. The van der Waals surface area contributed by atoms with Gasteiger partial charge in [0.2, 0.25) is 0 Å². The summed E-state index contributed by atoms with van der Waals surface area (Å²) in [4.78, 5) is 0. The van der Waals surface area contributed by atoms with E-state index in [4.69, 9.17) is 16.3 Å². The average molecular weight is 287 g/mol. The maximum atomic E-state index is 13.7. The van der Waals surface area contributed by atoms with Gasteiger partial charge in [-0.2, -0.15) is 0 Å². The number of hydrogen-bond acceptors (Lipinski definition) is 1. The van der Waals surface area contributed by atoms with Crippen LogP contribution in [0, 0.1) is 24.4 Å². The molecule has 19 heavy (non-hydrogen) atoms. The molecule has 1 nitrogen and oxygen atoms in total. The Bertz CT molecular complexity index is 591. The fourth-order valence-corrected chi connectivity index (χ4v) is 1.74. The molecule has 0 aliphatic rings. The molecule has 0 unspecified atom stereocenters. The molecule has 5 heteroatoms. The molecule has 0 radical (unpaired) electrons. The lowest BCUT2D eigenvalue weighted by Crippen LogP contribution is -1.95. The minimum Gasteiger partial charge on any atom is -0.451 e. The van der Waals surface area contributed by atoms with Crippen LogP contribution < -0.4 is 4.74 Å². The largest absolute Gasteiger partial charge is 0.451 e. The first-order valence-corrected chi connectivity index (χ1v) is 6.02. The molecule has 2 rings (SSSR count). The van der Waals surface area contributed by atoms with Crippen molar-refractivity contribution in [1.29, 1.82) is 0 Å². The van der Waals surface area contributed by atoms with E-state index in [1.165, 1.54) is 25.1 Å². The molecule has 0 saturated carbocycles. The van der Waals surface area contributed by atoms with Crippen LogP contribution >= 0.6 is 11.6 Å². The van der Waals surface area contributed by atoms with Crippen LogP contribution in [0.5, 0.6) is 11.5 Å². The zero-order valence-corrected chi connectivity index (χ0v) is 10.8. The first-order valence-electron chi connectivity index (χ1n) is 5.49. The van der Waals surface area contributed by atoms with Crippen LogP contribution in [0.3, 0.4) is 0 Å². The van der Waals surface area contributed by atoms with Crippen molar-refractivity contribution >= 4 is 11.6 Å². The van der Waals surface area contributed by atoms with Crippen molar-refractivity contribution in [3.8, 4) is 11.5 Å². The Morgan fingerprint density at radius 3 is 2.16 bits per heavy atom. The molecule has 0 fully saturated rings. The van der Waals surface area contributed by atoms with Gasteiger partial charge in [0.15, 0.2) is 17.4 Å². The standard InChI is InChI=1S/C14H10ClF3O/c1-8-4-10(2-3-11(8)16)19-14-12(17)5-9(7-15)6-13(14)18/h2-6H,7H2,1H3. The zero-order valence-electron chi connectivity index (χ0n) is 10.0. The second kappa shape index (κ2) is 5.53. The molecule has 2 aromatic rings. The summed E-state index contributed by atoms with van der Waals surface area (Å²) >= 11 is 5.51. The SMILES string of the molecule is Cc1cc(Oc2c(F)cc(CCl)cc2F)ccc1F. The molecule has 0 spiro atoms. The van der Waals surface area contributed by atoms with Gasteiger partial charge >= 0.3 is 0 Å². The Morgan fingerprint density at radius 1 is 1.00 bits per heavy atom. The van der Waals surface area contributed by atoms with Crippen LogP contribution in [0.2, 0.25) is 0 Å². The smallest absolute Gasteiger partial charge is 0.198 e. The number of hydrogen-bond donors (Lipinski definition) is 0. The molecule has 100 valence electrons. The van der Waals surface area contributed by atoms with Crippen molar-refractivity contribution in [3.05, 3.63) is 58.9 Å². The van der Waals surface area contributed by atoms with Crippen molar-refractivity contribution in [3.63, 3.8) is 0 Å². The fraction of sp³-hybridized carbons (Fsp3) is 0.143. The van der Waals surface area contributed by atoms with Crippen molar-refractivity contribution < 1.29 is 17.9 Å². The Hall–Kier alpha value is -1.68. The van der Waals surface area contributed by atoms with Crippen molar-refractivity contribution in [2.75, 3.05) is 0 Å². The predicted molar refractivity (Wildman–Crippen MR) is 67.1 cm³/mol. The molecule has 2 aromatic carbocycles. The summed E-state index contributed by atoms with van der Waals surface area (Å²) in [5.41, 5.74) is 0.648. The van der Waals surface area contributed by atoms with Crippen LogP contribution in [-0.4, -0.2) is 0 Å². The first kappa shape index (κ1) is 13.7. The van der Waals surface area contributed by atoms with Crippen LogP contribution in [0.4, 0.5) is 13.2 Å². The fourth-order valence-electron chi connectivity index (χ4n) is 1.59. The van der Waals surface area contributed by atoms with E-state index in [9.17, 15) is 13.2 Å². The highest BCUT2D eigenvalue weighted by molar-refractivity contribution is 6.17. The topological polar surface area (TPSA) is 9.23 Å². The summed E-state index contributed by atoms with van der Waals surface area (Å²) in [5.74, 6) is -2.47. The van der Waals surface area contributed by atoms with E-state index in [-0.39, 0.29) is 11.6 Å². The molecule has 0 atom stereocenters. The van der Waals surface area contributed by atoms with Crippen LogP contribution in [0.1, 0.15) is 11.1 Å². The van der Waals surface area contributed by atoms with Crippen LogP contribution in [-0.2, 0) is 5.88 Å². The number of aryl methyl sites for hydroxylation is 1. The molecule has 0 aliphatic heterocycles. The van der Waals surface area contributed by atoms with Crippen molar-refractivity contribution in [2.45, 2.75) is 12.8 Å². The third kappa shape index (κ3) is 3.01. The van der Waals surface area contributed by atoms with E-state index in [1.54, 1.807) is 0 Å². The molecular formula is C14H10ClF3O. The summed E-state index contributed by atoms with van der Waals surface area (Å²) < 4.78 is 45.5. The lowest BCUT2D eigenvalue weighted by atomic mass is 10.2. The lowest BCUT2D eigenvalue weighted by molar-refractivity contribution is 0.405. The number of ether oxygens (including phenoxy) is 1. The van der Waals surface area contributed by atoms with Crippen LogP contribution in [0.15, 0.2) is 30.3 Å². The van der Waals surface area contributed by atoms with E-state index in [0.29, 0.717) is 11.1 Å². The quantitative estimate of drug-likeness (QED) is 0.726. The van der Waals surface area contributed by atoms with Gasteiger partial charge in [-0.15, -0.1) is 11.6 Å². The van der Waals surface area contributed by atoms with E-state index >= 15 is 0 Å². The highest BCUT2D eigenvalue weighted by Crippen LogP contribution is 2.29. The third-order valence-corrected chi connectivity index (χ3v) is 2.87. The van der Waals surface area contributed by atoms with E-state index in [2.05, 4.69) is 0 Å². The summed E-state index contributed by atoms with van der Waals surface area (Å²) in [7, 11) is 0. The van der Waals surface area contributed by atoms with E-state index in [1.807, 2.05) is 0 Å². The zero-order chi connectivity index (χ0) is 14.0. The maximum Gasteiger partial charge on any atom is 0.198 e. The van der Waals surface area contributed by atoms with Gasteiger partial charge in [-0.3, -0.25) is 0 Å². The van der Waals surface area contributed by atoms with Gasteiger partial charge < -0.3 is 4.74 Å². The molecule has 0 N–H and O–H groups in total. The summed E-state index contributed by atoms with van der Waals surface area (Å²) in [6, 6.07) is 6.04. The van der Waals surface area contributed by atoms with Gasteiger partial charge in [-0.1, -0.05) is 0 Å². The van der Waals surface area contributed by atoms with Crippen LogP contribution in [0.25, 0.3) is 0 Å². The van der Waals surface area contributed by atoms with E-state index < -0.39 is 23.2 Å². The Labute approximate surface area is 113 Å². The molecule has 0 aliphatic carbocycles. The number of alkyl halides is 1. The van der Waals surface area contributed by atoms with Crippen molar-refractivity contribution in [1.82, 2.24) is 0 Å². The van der Waals surface area contributed by atoms with Gasteiger partial charge in [-0.25, -0.2) is 13.2 Å². The normalized spacial score (nSPS) is 10.6. The van der Waals surface area contributed by atoms with Gasteiger partial charge in [0.05, 0.1) is 0 Å². The highest BCUT2D eigenvalue weighted by Gasteiger charge is 2.14. The number of rotatable bonds is 3. The molecular weight excluding hydrogens is 277 g/mol. The molecule has 0 amide bonds. The number of benzene rings is 2. The Morgan fingerprint density at radius 2 is 1.63 bits per heavy atom. The Kier molecular flexibility index (Phi) is 4.00. The minimum atomic E-state index is -0.849. The number of halogens is 4. The van der Waals surface area contributed by atoms with Gasteiger partial charge in [-0.05, 0) is 48.4 Å². The first-order chi connectivity index (χ1) is 9.01. The average Bonchev–Trinajstić information content (AvgIpc) is 2.37. The highest BCUT2D eigenvalue weighted by atomic mass is 35.5. The second-order valence-electron chi connectivity index (χ2n) is 4.04. The van der Waals surface area contributed by atoms with Gasteiger partial charge in [0.25, 0.3) is 0 Å². The Balaban J connectivity index is 2.35. The second-order valence-corrected chi connectivity index (χ2v) is 4.30. The van der Waals surface area contributed by atoms with Crippen molar-refractivity contribution in [2.24, 2.45) is 0 Å². The minimum absolute atomic E-state index is 0.00375. The third-order valence-electron chi connectivity index (χ3n) is 2.56. The summed E-state index contributed by atoms with van der Waals surface area (Å²) in [6.45, 7) is 1.53. The molecule has 0 aromatic heterocycles. The summed E-state index contributed by atoms with van der Waals surface area (Å²) in [5, 5.41) is 0. The molecule has 0 heterocycles. The predicted octanol–water partition coefficient (Wildman–Crippen LogP) is 4.94. The molecule has 0 bridgehead atoms. The van der Waals surface area contributed by atoms with Gasteiger partial charge in [0.1, 0.15) is 11.6 Å². The monoisotopic (exact) mass is 286 g/mol. The molecule has 0 saturated heterocycles. The van der Waals surface area contributed by atoms with E-state index in [0.717, 1.165) is 12.1 Å².